The average molecular weight is 334 g/mol. The molecule has 2 N–H and O–H groups in total. The molecule has 104 valence electrons. The molecule has 4 heteroatoms. The highest BCUT2D eigenvalue weighted by Crippen LogP contribution is 2.22. The van der Waals surface area contributed by atoms with Crippen molar-refractivity contribution < 1.29 is 9.90 Å². The summed E-state index contributed by atoms with van der Waals surface area (Å²) >= 11 is 3.42. The molecule has 2 aromatic rings. The summed E-state index contributed by atoms with van der Waals surface area (Å²) in [6.45, 7) is 4.81. The molecule has 0 fully saturated rings. The molecule has 0 saturated heterocycles. The second-order valence-corrected chi connectivity index (χ2v) is 5.57. The molecule has 0 aliphatic carbocycles. The van der Waals surface area contributed by atoms with Crippen LogP contribution in [0.25, 0.3) is 0 Å². The second kappa shape index (κ2) is 6.09. The van der Waals surface area contributed by atoms with Crippen LogP contribution in [0, 0.1) is 13.8 Å². The van der Waals surface area contributed by atoms with Crippen molar-refractivity contribution in [1.82, 2.24) is 0 Å². The van der Waals surface area contributed by atoms with Crippen molar-refractivity contribution in [1.29, 1.82) is 0 Å². The first-order valence-electron chi connectivity index (χ1n) is 6.31. The Morgan fingerprint density at radius 2 is 2.00 bits per heavy atom. The number of rotatable bonds is 4. The van der Waals surface area contributed by atoms with E-state index in [1.165, 1.54) is 11.1 Å². The molecule has 0 aliphatic heterocycles. The van der Waals surface area contributed by atoms with Gasteiger partial charge in [0.05, 0.1) is 5.56 Å². The number of carbonyl (C=O) groups is 1. The minimum absolute atomic E-state index is 0.285. The summed E-state index contributed by atoms with van der Waals surface area (Å²) in [6, 6.07) is 11.2. The minimum Gasteiger partial charge on any atom is -0.478 e. The molecular weight excluding hydrogens is 318 g/mol. The number of benzene rings is 2. The van der Waals surface area contributed by atoms with Gasteiger partial charge in [-0.15, -0.1) is 0 Å². The Balaban J connectivity index is 2.15. The quantitative estimate of drug-likeness (QED) is 0.873. The first kappa shape index (κ1) is 14.6. The van der Waals surface area contributed by atoms with Gasteiger partial charge < -0.3 is 10.4 Å². The van der Waals surface area contributed by atoms with Crippen molar-refractivity contribution in [3.8, 4) is 0 Å². The van der Waals surface area contributed by atoms with Crippen LogP contribution >= 0.6 is 15.9 Å². The van der Waals surface area contributed by atoms with E-state index in [1.54, 1.807) is 12.1 Å². The van der Waals surface area contributed by atoms with E-state index in [2.05, 4.69) is 41.2 Å². The predicted molar refractivity (Wildman–Crippen MR) is 84.3 cm³/mol. The molecule has 0 spiro atoms. The Hall–Kier alpha value is -1.81. The van der Waals surface area contributed by atoms with Gasteiger partial charge in [0.25, 0.3) is 0 Å². The van der Waals surface area contributed by atoms with Crippen LogP contribution in [-0.4, -0.2) is 11.1 Å². The maximum absolute atomic E-state index is 10.9. The van der Waals surface area contributed by atoms with E-state index in [-0.39, 0.29) is 5.56 Å². The van der Waals surface area contributed by atoms with Crippen molar-refractivity contribution in [3.63, 3.8) is 0 Å². The topological polar surface area (TPSA) is 49.3 Å². The van der Waals surface area contributed by atoms with Crippen LogP contribution in [0.1, 0.15) is 27.0 Å². The molecule has 20 heavy (non-hydrogen) atoms. The van der Waals surface area contributed by atoms with Gasteiger partial charge in [-0.1, -0.05) is 34.1 Å². The van der Waals surface area contributed by atoms with Gasteiger partial charge in [0.15, 0.2) is 0 Å². The number of aromatic carboxylic acids is 1. The fourth-order valence-electron chi connectivity index (χ4n) is 1.96. The summed E-state index contributed by atoms with van der Waals surface area (Å²) in [5.41, 5.74) is 4.88. The molecular formula is C16H16BrNO2. The van der Waals surface area contributed by atoms with E-state index in [0.29, 0.717) is 6.54 Å². The van der Waals surface area contributed by atoms with Crippen LogP contribution in [-0.2, 0) is 6.54 Å². The lowest BCUT2D eigenvalue weighted by Crippen LogP contribution is -2.04. The monoisotopic (exact) mass is 333 g/mol. The van der Waals surface area contributed by atoms with Crippen LogP contribution in [0.3, 0.4) is 0 Å². The van der Waals surface area contributed by atoms with Gasteiger partial charge >= 0.3 is 5.97 Å². The van der Waals surface area contributed by atoms with E-state index < -0.39 is 5.97 Å². The van der Waals surface area contributed by atoms with Crippen molar-refractivity contribution in [3.05, 3.63) is 63.1 Å². The normalized spacial score (nSPS) is 10.3. The summed E-state index contributed by atoms with van der Waals surface area (Å²) in [6.07, 6.45) is 0. The third kappa shape index (κ3) is 3.20. The maximum Gasteiger partial charge on any atom is 0.335 e. The van der Waals surface area contributed by atoms with Crippen LogP contribution in [0.5, 0.6) is 0 Å². The SMILES string of the molecule is Cc1cccc(NCc2ccc(C(=O)O)cc2Br)c1C. The lowest BCUT2D eigenvalue weighted by atomic mass is 10.1. The molecule has 0 heterocycles. The number of aryl methyl sites for hydroxylation is 1. The Kier molecular flexibility index (Phi) is 4.45. The number of nitrogens with one attached hydrogen (secondary N) is 1. The zero-order valence-electron chi connectivity index (χ0n) is 11.4. The van der Waals surface area contributed by atoms with Crippen LogP contribution in [0.15, 0.2) is 40.9 Å². The molecule has 3 nitrogen and oxygen atoms in total. The van der Waals surface area contributed by atoms with E-state index in [1.807, 2.05) is 18.2 Å². The number of halogens is 1. The average Bonchev–Trinajstić information content (AvgIpc) is 2.41. The van der Waals surface area contributed by atoms with Crippen molar-refractivity contribution in [2.24, 2.45) is 0 Å². The molecule has 0 bridgehead atoms. The zero-order chi connectivity index (χ0) is 14.7. The largest absolute Gasteiger partial charge is 0.478 e. The Morgan fingerprint density at radius 3 is 2.65 bits per heavy atom. The molecule has 2 rings (SSSR count). The lowest BCUT2D eigenvalue weighted by molar-refractivity contribution is 0.0697. The van der Waals surface area contributed by atoms with E-state index in [0.717, 1.165) is 15.7 Å². The van der Waals surface area contributed by atoms with E-state index in [9.17, 15) is 4.79 Å². The fourth-order valence-corrected chi connectivity index (χ4v) is 2.48. The van der Waals surface area contributed by atoms with Crippen LogP contribution in [0.2, 0.25) is 0 Å². The van der Waals surface area contributed by atoms with Gasteiger partial charge in [0.2, 0.25) is 0 Å². The zero-order valence-corrected chi connectivity index (χ0v) is 13.0. The van der Waals surface area contributed by atoms with E-state index in [4.69, 9.17) is 5.11 Å². The molecule has 0 amide bonds. The van der Waals surface area contributed by atoms with E-state index >= 15 is 0 Å². The molecule has 0 unspecified atom stereocenters. The number of anilines is 1. The second-order valence-electron chi connectivity index (χ2n) is 4.71. The summed E-state index contributed by atoms with van der Waals surface area (Å²) in [4.78, 5) is 10.9. The Labute approximate surface area is 126 Å². The lowest BCUT2D eigenvalue weighted by Gasteiger charge is -2.12. The summed E-state index contributed by atoms with van der Waals surface area (Å²) in [5.74, 6) is -0.917. The third-order valence-electron chi connectivity index (χ3n) is 3.37. The van der Waals surface area contributed by atoms with Crippen molar-refractivity contribution in [2.45, 2.75) is 20.4 Å². The smallest absolute Gasteiger partial charge is 0.335 e. The highest BCUT2D eigenvalue weighted by atomic mass is 79.9. The Morgan fingerprint density at radius 1 is 1.25 bits per heavy atom. The number of hydrogen-bond acceptors (Lipinski definition) is 2. The highest BCUT2D eigenvalue weighted by Gasteiger charge is 2.07. The van der Waals surface area contributed by atoms with Gasteiger partial charge in [-0.2, -0.15) is 0 Å². The van der Waals surface area contributed by atoms with Gasteiger partial charge in [0, 0.05) is 16.7 Å². The predicted octanol–water partition coefficient (Wildman–Crippen LogP) is 4.38. The third-order valence-corrected chi connectivity index (χ3v) is 4.11. The first-order chi connectivity index (χ1) is 9.49. The van der Waals surface area contributed by atoms with Crippen LogP contribution in [0.4, 0.5) is 5.69 Å². The van der Waals surface area contributed by atoms with Crippen molar-refractivity contribution >= 4 is 27.6 Å². The molecule has 0 saturated carbocycles. The summed E-state index contributed by atoms with van der Waals surface area (Å²) < 4.78 is 0.801. The standard InChI is InChI=1S/C16H16BrNO2/c1-10-4-3-5-15(11(10)2)18-9-13-7-6-12(16(19)20)8-14(13)17/h3-8,18H,9H2,1-2H3,(H,19,20). The summed E-state index contributed by atoms with van der Waals surface area (Å²) in [7, 11) is 0. The summed E-state index contributed by atoms with van der Waals surface area (Å²) in [5, 5.41) is 12.3. The van der Waals surface area contributed by atoms with Gasteiger partial charge in [0.1, 0.15) is 0 Å². The van der Waals surface area contributed by atoms with Crippen molar-refractivity contribution in [2.75, 3.05) is 5.32 Å². The number of carboxylic acids is 1. The molecule has 0 aliphatic rings. The molecule has 0 atom stereocenters. The van der Waals surface area contributed by atoms with Crippen LogP contribution < -0.4 is 5.32 Å². The van der Waals surface area contributed by atoms with Gasteiger partial charge in [-0.05, 0) is 48.7 Å². The fraction of sp³-hybridized carbons (Fsp3) is 0.188. The molecule has 0 aromatic heterocycles. The molecule has 2 aromatic carbocycles. The Bertz CT molecular complexity index is 653. The maximum atomic E-state index is 10.9. The number of hydrogen-bond donors (Lipinski definition) is 2. The minimum atomic E-state index is -0.917. The highest BCUT2D eigenvalue weighted by molar-refractivity contribution is 9.10. The van der Waals surface area contributed by atoms with Gasteiger partial charge in [-0.25, -0.2) is 4.79 Å². The first-order valence-corrected chi connectivity index (χ1v) is 7.10. The van der Waals surface area contributed by atoms with Gasteiger partial charge in [-0.3, -0.25) is 0 Å². The molecule has 0 radical (unpaired) electrons. The number of carboxylic acid groups (broad SMARTS) is 1.